The van der Waals surface area contributed by atoms with Gasteiger partial charge in [0.15, 0.2) is 0 Å². The van der Waals surface area contributed by atoms with E-state index in [9.17, 15) is 4.79 Å². The van der Waals surface area contributed by atoms with Gasteiger partial charge in [-0.2, -0.15) is 0 Å². The zero-order chi connectivity index (χ0) is 14.7. The molecule has 0 saturated carbocycles. The van der Waals surface area contributed by atoms with E-state index in [0.717, 1.165) is 18.6 Å². The molecule has 3 rings (SSSR count). The maximum absolute atomic E-state index is 12.0. The Balaban J connectivity index is 1.38. The first-order chi connectivity index (χ1) is 10.2. The highest BCUT2D eigenvalue weighted by Crippen LogP contribution is 2.26. The number of benzene rings is 1. The van der Waals surface area contributed by atoms with Crippen molar-refractivity contribution in [3.63, 3.8) is 0 Å². The number of rotatable bonds is 5. The van der Waals surface area contributed by atoms with E-state index >= 15 is 0 Å². The van der Waals surface area contributed by atoms with Crippen LogP contribution in [0.25, 0.3) is 0 Å². The Morgan fingerprint density at radius 1 is 1.33 bits per heavy atom. The molecule has 114 valence electrons. The predicted molar refractivity (Wildman–Crippen MR) is 82.4 cm³/mol. The maximum Gasteiger partial charge on any atom is 0.223 e. The minimum Gasteiger partial charge on any atom is -0.493 e. The van der Waals surface area contributed by atoms with Crippen LogP contribution in [0.3, 0.4) is 0 Å². The average molecular weight is 288 g/mol. The molecule has 2 N–H and O–H groups in total. The van der Waals surface area contributed by atoms with Crippen LogP contribution in [0.4, 0.5) is 0 Å². The third-order valence-electron chi connectivity index (χ3n) is 4.43. The Labute approximate surface area is 126 Å². The number of nitrogens with one attached hydrogen (secondary N) is 2. The summed E-state index contributed by atoms with van der Waals surface area (Å²) in [6.07, 6.45) is 5.08. The smallest absolute Gasteiger partial charge is 0.223 e. The van der Waals surface area contributed by atoms with Crippen LogP contribution in [0.2, 0.25) is 0 Å². The fourth-order valence-corrected chi connectivity index (χ4v) is 3.44. The highest BCUT2D eigenvalue weighted by atomic mass is 16.5. The molecule has 1 aromatic carbocycles. The minimum atomic E-state index is 0.106. The van der Waals surface area contributed by atoms with E-state index in [0.29, 0.717) is 31.2 Å². The van der Waals surface area contributed by atoms with Gasteiger partial charge in [-0.3, -0.25) is 4.79 Å². The van der Waals surface area contributed by atoms with Crippen LogP contribution in [0.1, 0.15) is 37.7 Å². The predicted octanol–water partition coefficient (Wildman–Crippen LogP) is 2.16. The Hall–Kier alpha value is -1.55. The normalized spacial score (nSPS) is 27.4. The molecule has 2 saturated heterocycles. The monoisotopic (exact) mass is 288 g/mol. The summed E-state index contributed by atoms with van der Waals surface area (Å²) in [5.41, 5.74) is 1.17. The first-order valence-electron chi connectivity index (χ1n) is 7.94. The molecule has 0 spiro atoms. The largest absolute Gasteiger partial charge is 0.493 e. The third kappa shape index (κ3) is 3.97. The van der Waals surface area contributed by atoms with Gasteiger partial charge in [0.2, 0.25) is 5.91 Å². The molecule has 2 heterocycles. The fourth-order valence-electron chi connectivity index (χ4n) is 3.44. The Morgan fingerprint density at radius 3 is 2.81 bits per heavy atom. The standard InChI is InChI=1S/C17H24N2O2/c1-12-3-2-4-16(9-12)21-8-7-17(20)19-15-10-13-5-6-14(11-15)18-13/h2-4,9,13-15,18H,5-8,10-11H2,1H3,(H,19,20). The van der Waals surface area contributed by atoms with E-state index in [1.54, 1.807) is 0 Å². The maximum atomic E-state index is 12.0. The number of hydrogen-bond acceptors (Lipinski definition) is 3. The molecule has 2 unspecified atom stereocenters. The van der Waals surface area contributed by atoms with Crippen LogP contribution in [0.15, 0.2) is 24.3 Å². The van der Waals surface area contributed by atoms with Gasteiger partial charge in [0, 0.05) is 18.1 Å². The van der Waals surface area contributed by atoms with Gasteiger partial charge in [-0.1, -0.05) is 12.1 Å². The summed E-state index contributed by atoms with van der Waals surface area (Å²) in [5, 5.41) is 6.75. The number of aryl methyl sites for hydroxylation is 1. The minimum absolute atomic E-state index is 0.106. The summed E-state index contributed by atoms with van der Waals surface area (Å²) < 4.78 is 5.63. The summed E-state index contributed by atoms with van der Waals surface area (Å²) in [7, 11) is 0. The summed E-state index contributed by atoms with van der Waals surface area (Å²) in [6, 6.07) is 9.48. The number of piperidine rings is 1. The second-order valence-electron chi connectivity index (χ2n) is 6.29. The van der Waals surface area contributed by atoms with Crippen molar-refractivity contribution >= 4 is 5.91 Å². The highest BCUT2D eigenvalue weighted by molar-refractivity contribution is 5.76. The lowest BCUT2D eigenvalue weighted by Gasteiger charge is -2.29. The van der Waals surface area contributed by atoms with Crippen molar-refractivity contribution in [1.82, 2.24) is 10.6 Å². The van der Waals surface area contributed by atoms with Gasteiger partial charge in [0.05, 0.1) is 13.0 Å². The summed E-state index contributed by atoms with van der Waals surface area (Å²) in [5.74, 6) is 0.941. The van der Waals surface area contributed by atoms with Crippen LogP contribution < -0.4 is 15.4 Å². The van der Waals surface area contributed by atoms with E-state index in [2.05, 4.69) is 10.6 Å². The van der Waals surface area contributed by atoms with E-state index in [1.165, 1.54) is 18.4 Å². The van der Waals surface area contributed by atoms with Crippen molar-refractivity contribution in [2.24, 2.45) is 0 Å². The van der Waals surface area contributed by atoms with Gasteiger partial charge in [-0.15, -0.1) is 0 Å². The molecular weight excluding hydrogens is 264 g/mol. The Kier molecular flexibility index (Phi) is 4.44. The lowest BCUT2D eigenvalue weighted by atomic mass is 10.00. The third-order valence-corrected chi connectivity index (χ3v) is 4.43. The Bertz CT molecular complexity index is 491. The van der Waals surface area contributed by atoms with E-state index < -0.39 is 0 Å². The van der Waals surface area contributed by atoms with Gasteiger partial charge < -0.3 is 15.4 Å². The fraction of sp³-hybridized carbons (Fsp3) is 0.588. The first kappa shape index (κ1) is 14.4. The number of hydrogen-bond donors (Lipinski definition) is 2. The van der Waals surface area contributed by atoms with Crippen LogP contribution in [0, 0.1) is 6.92 Å². The molecule has 2 fully saturated rings. The number of carbonyl (C=O) groups excluding carboxylic acids is 1. The second-order valence-corrected chi connectivity index (χ2v) is 6.29. The Morgan fingerprint density at radius 2 is 2.10 bits per heavy atom. The number of ether oxygens (including phenoxy) is 1. The molecule has 2 atom stereocenters. The van der Waals surface area contributed by atoms with Gasteiger partial charge >= 0.3 is 0 Å². The molecule has 4 nitrogen and oxygen atoms in total. The van der Waals surface area contributed by atoms with Crippen molar-refractivity contribution in [1.29, 1.82) is 0 Å². The number of fused-ring (bicyclic) bond motifs is 2. The summed E-state index contributed by atoms with van der Waals surface area (Å²) in [6.45, 7) is 2.47. The quantitative estimate of drug-likeness (QED) is 0.873. The van der Waals surface area contributed by atoms with Crippen LogP contribution in [-0.4, -0.2) is 30.6 Å². The molecule has 2 aliphatic heterocycles. The molecular formula is C17H24N2O2. The second kappa shape index (κ2) is 6.48. The molecule has 4 heteroatoms. The molecule has 1 amide bonds. The molecule has 0 aromatic heterocycles. The van der Waals surface area contributed by atoms with Gasteiger partial charge in [0.25, 0.3) is 0 Å². The van der Waals surface area contributed by atoms with Gasteiger partial charge in [0.1, 0.15) is 5.75 Å². The molecule has 0 aliphatic carbocycles. The molecule has 1 aromatic rings. The van der Waals surface area contributed by atoms with Crippen molar-refractivity contribution in [2.45, 2.75) is 57.2 Å². The van der Waals surface area contributed by atoms with Crippen LogP contribution in [0.5, 0.6) is 5.75 Å². The van der Waals surface area contributed by atoms with Crippen LogP contribution >= 0.6 is 0 Å². The van der Waals surface area contributed by atoms with Crippen molar-refractivity contribution in [2.75, 3.05) is 6.61 Å². The average Bonchev–Trinajstić information content (AvgIpc) is 2.78. The van der Waals surface area contributed by atoms with Gasteiger partial charge in [-0.05, 0) is 50.3 Å². The van der Waals surface area contributed by atoms with Crippen LogP contribution in [-0.2, 0) is 4.79 Å². The van der Waals surface area contributed by atoms with E-state index in [-0.39, 0.29) is 5.91 Å². The topological polar surface area (TPSA) is 50.4 Å². The summed E-state index contributed by atoms with van der Waals surface area (Å²) >= 11 is 0. The summed E-state index contributed by atoms with van der Waals surface area (Å²) in [4.78, 5) is 12.0. The van der Waals surface area contributed by atoms with Crippen molar-refractivity contribution in [3.8, 4) is 5.75 Å². The highest BCUT2D eigenvalue weighted by Gasteiger charge is 2.33. The lowest BCUT2D eigenvalue weighted by molar-refractivity contribution is -0.122. The van der Waals surface area contributed by atoms with E-state index in [4.69, 9.17) is 4.74 Å². The number of amides is 1. The first-order valence-corrected chi connectivity index (χ1v) is 7.94. The zero-order valence-corrected chi connectivity index (χ0v) is 12.6. The van der Waals surface area contributed by atoms with Gasteiger partial charge in [-0.25, -0.2) is 0 Å². The van der Waals surface area contributed by atoms with Crippen molar-refractivity contribution < 1.29 is 9.53 Å². The van der Waals surface area contributed by atoms with Crippen molar-refractivity contribution in [3.05, 3.63) is 29.8 Å². The SMILES string of the molecule is Cc1cccc(OCCC(=O)NC2CC3CCC(C2)N3)c1. The van der Waals surface area contributed by atoms with E-state index in [1.807, 2.05) is 31.2 Å². The molecule has 2 bridgehead atoms. The zero-order valence-electron chi connectivity index (χ0n) is 12.6. The molecule has 21 heavy (non-hydrogen) atoms. The lowest BCUT2D eigenvalue weighted by Crippen LogP contribution is -2.48. The molecule has 0 radical (unpaired) electrons. The number of carbonyl (C=O) groups is 1. The molecule has 2 aliphatic rings.